The van der Waals surface area contributed by atoms with Crippen molar-refractivity contribution in [2.24, 2.45) is 0 Å². The van der Waals surface area contributed by atoms with E-state index in [4.69, 9.17) is 4.74 Å². The van der Waals surface area contributed by atoms with Crippen LogP contribution in [-0.2, 0) is 0 Å². The molecule has 0 bridgehead atoms. The molecule has 0 spiro atoms. The van der Waals surface area contributed by atoms with Crippen molar-refractivity contribution in [1.82, 2.24) is 14.4 Å². The number of nitrogens with zero attached hydrogens (tertiary/aromatic N) is 3. The van der Waals surface area contributed by atoms with Crippen molar-refractivity contribution < 1.29 is 14.6 Å². The number of rotatable bonds is 3. The van der Waals surface area contributed by atoms with Crippen LogP contribution in [0.3, 0.4) is 0 Å². The molecule has 0 aliphatic carbocycles. The fourth-order valence-electron chi connectivity index (χ4n) is 2.01. The molecule has 2 heterocycles. The zero-order chi connectivity index (χ0) is 14.1. The first-order valence-corrected chi connectivity index (χ1v) is 5.91. The first-order valence-electron chi connectivity index (χ1n) is 5.91. The maximum Gasteiger partial charge on any atom is 0.358 e. The molecule has 0 amide bonds. The summed E-state index contributed by atoms with van der Waals surface area (Å²) in [5.74, 6) is 0.167. The van der Waals surface area contributed by atoms with Crippen LogP contribution in [-0.4, -0.2) is 32.6 Å². The fraction of sp³-hybridized carbons (Fsp3) is 0.0714. The molecule has 0 radical (unpaired) electrons. The minimum absolute atomic E-state index is 0.0589. The highest BCUT2D eigenvalue weighted by Gasteiger charge is 2.18. The summed E-state index contributed by atoms with van der Waals surface area (Å²) in [7, 11) is 1.59. The summed E-state index contributed by atoms with van der Waals surface area (Å²) in [6, 6.07) is 8.98. The van der Waals surface area contributed by atoms with Gasteiger partial charge in [-0.2, -0.15) is 0 Å². The SMILES string of the molecule is COc1ccc(-c2nc(C(=O)O)c3ncccn23)cc1. The van der Waals surface area contributed by atoms with Crippen LogP contribution in [0.5, 0.6) is 5.75 Å². The second kappa shape index (κ2) is 4.65. The Hall–Kier alpha value is -2.89. The van der Waals surface area contributed by atoms with E-state index in [-0.39, 0.29) is 5.69 Å². The number of aromatic nitrogens is 3. The third kappa shape index (κ3) is 1.87. The molecule has 6 heteroatoms. The topological polar surface area (TPSA) is 76.7 Å². The van der Waals surface area contributed by atoms with Crippen LogP contribution >= 0.6 is 0 Å². The van der Waals surface area contributed by atoms with Crippen molar-refractivity contribution in [2.75, 3.05) is 7.11 Å². The minimum Gasteiger partial charge on any atom is -0.497 e. The fourth-order valence-corrected chi connectivity index (χ4v) is 2.01. The van der Waals surface area contributed by atoms with E-state index in [9.17, 15) is 9.90 Å². The lowest BCUT2D eigenvalue weighted by atomic mass is 10.2. The van der Waals surface area contributed by atoms with Crippen LogP contribution in [0.25, 0.3) is 17.0 Å². The summed E-state index contributed by atoms with van der Waals surface area (Å²) >= 11 is 0. The predicted molar refractivity (Wildman–Crippen MR) is 71.9 cm³/mol. The molecule has 2 aromatic heterocycles. The van der Waals surface area contributed by atoms with Gasteiger partial charge >= 0.3 is 5.97 Å². The van der Waals surface area contributed by atoms with E-state index in [1.165, 1.54) is 0 Å². The highest BCUT2D eigenvalue weighted by molar-refractivity contribution is 5.93. The Labute approximate surface area is 114 Å². The normalized spacial score (nSPS) is 10.7. The van der Waals surface area contributed by atoms with Gasteiger partial charge < -0.3 is 9.84 Å². The molecule has 100 valence electrons. The summed E-state index contributed by atoms with van der Waals surface area (Å²) in [6.45, 7) is 0. The van der Waals surface area contributed by atoms with Crippen molar-refractivity contribution in [3.8, 4) is 17.1 Å². The lowest BCUT2D eigenvalue weighted by molar-refractivity contribution is 0.0693. The lowest BCUT2D eigenvalue weighted by Crippen LogP contribution is -1.98. The number of benzene rings is 1. The largest absolute Gasteiger partial charge is 0.497 e. The first kappa shape index (κ1) is 12.2. The van der Waals surface area contributed by atoms with Gasteiger partial charge in [0.15, 0.2) is 11.3 Å². The molecule has 0 fully saturated rings. The number of methoxy groups -OCH3 is 1. The van der Waals surface area contributed by atoms with Crippen LogP contribution in [0.15, 0.2) is 42.7 Å². The third-order valence-corrected chi connectivity index (χ3v) is 2.95. The second-order valence-electron chi connectivity index (χ2n) is 4.13. The molecular formula is C14H11N3O3. The van der Waals surface area contributed by atoms with Gasteiger partial charge in [-0.1, -0.05) is 0 Å². The Balaban J connectivity index is 2.22. The highest BCUT2D eigenvalue weighted by atomic mass is 16.5. The maximum atomic E-state index is 11.2. The molecule has 1 aromatic carbocycles. The van der Waals surface area contributed by atoms with Crippen LogP contribution in [0.4, 0.5) is 0 Å². The number of carbonyl (C=O) groups is 1. The van der Waals surface area contributed by atoms with Crippen LogP contribution in [0, 0.1) is 0 Å². The molecule has 6 nitrogen and oxygen atoms in total. The van der Waals surface area contributed by atoms with E-state index in [0.29, 0.717) is 11.5 Å². The summed E-state index contributed by atoms with van der Waals surface area (Å²) < 4.78 is 6.76. The average molecular weight is 269 g/mol. The van der Waals surface area contributed by atoms with Crippen LogP contribution in [0.1, 0.15) is 10.5 Å². The van der Waals surface area contributed by atoms with Crippen LogP contribution < -0.4 is 4.74 Å². The smallest absolute Gasteiger partial charge is 0.358 e. The van der Waals surface area contributed by atoms with Crippen molar-refractivity contribution in [3.63, 3.8) is 0 Å². The van der Waals surface area contributed by atoms with Gasteiger partial charge in [-0.25, -0.2) is 14.8 Å². The van der Waals surface area contributed by atoms with Crippen molar-refractivity contribution in [3.05, 3.63) is 48.4 Å². The van der Waals surface area contributed by atoms with Gasteiger partial charge in [0.05, 0.1) is 7.11 Å². The number of fused-ring (bicyclic) bond motifs is 1. The zero-order valence-electron chi connectivity index (χ0n) is 10.6. The van der Waals surface area contributed by atoms with E-state index >= 15 is 0 Å². The molecule has 3 rings (SSSR count). The van der Waals surface area contributed by atoms with Gasteiger partial charge in [-0.15, -0.1) is 0 Å². The average Bonchev–Trinajstić information content (AvgIpc) is 2.87. The number of aromatic carboxylic acids is 1. The minimum atomic E-state index is -1.10. The molecule has 0 aliphatic rings. The van der Waals surface area contributed by atoms with Crippen molar-refractivity contribution in [2.45, 2.75) is 0 Å². The van der Waals surface area contributed by atoms with Gasteiger partial charge in [0, 0.05) is 18.0 Å². The molecule has 3 aromatic rings. The summed E-state index contributed by atoms with van der Waals surface area (Å²) in [5.41, 5.74) is 1.06. The van der Waals surface area contributed by atoms with Crippen LogP contribution in [0.2, 0.25) is 0 Å². The third-order valence-electron chi connectivity index (χ3n) is 2.95. The quantitative estimate of drug-likeness (QED) is 0.788. The molecule has 0 saturated carbocycles. The van der Waals surface area contributed by atoms with Crippen molar-refractivity contribution in [1.29, 1.82) is 0 Å². The molecular weight excluding hydrogens is 258 g/mol. The Morgan fingerprint density at radius 1 is 1.30 bits per heavy atom. The van der Waals surface area contributed by atoms with E-state index in [0.717, 1.165) is 11.3 Å². The van der Waals surface area contributed by atoms with E-state index in [2.05, 4.69) is 9.97 Å². The van der Waals surface area contributed by atoms with Gasteiger partial charge in [-0.05, 0) is 30.3 Å². The molecule has 1 N–H and O–H groups in total. The summed E-state index contributed by atoms with van der Waals surface area (Å²) in [6.07, 6.45) is 3.28. The Bertz CT molecular complexity index is 778. The highest BCUT2D eigenvalue weighted by Crippen LogP contribution is 2.23. The Morgan fingerprint density at radius 3 is 2.70 bits per heavy atom. The number of imidazole rings is 1. The number of carboxylic acid groups (broad SMARTS) is 1. The van der Waals surface area contributed by atoms with Gasteiger partial charge in [0.2, 0.25) is 0 Å². The summed E-state index contributed by atoms with van der Waals surface area (Å²) in [5, 5.41) is 9.19. The second-order valence-corrected chi connectivity index (χ2v) is 4.13. The van der Waals surface area contributed by atoms with Gasteiger partial charge in [-0.3, -0.25) is 4.40 Å². The standard InChI is InChI=1S/C14H11N3O3/c1-20-10-5-3-9(4-6-10)12-16-11(14(18)19)13-15-7-2-8-17(12)13/h2-8H,1H3,(H,18,19). The zero-order valence-corrected chi connectivity index (χ0v) is 10.6. The van der Waals surface area contributed by atoms with Gasteiger partial charge in [0.25, 0.3) is 0 Å². The molecule has 0 saturated heterocycles. The summed E-state index contributed by atoms with van der Waals surface area (Å²) in [4.78, 5) is 19.5. The Morgan fingerprint density at radius 2 is 2.05 bits per heavy atom. The monoisotopic (exact) mass is 269 g/mol. The molecule has 0 aliphatic heterocycles. The number of carboxylic acids is 1. The van der Waals surface area contributed by atoms with E-state index in [1.807, 2.05) is 12.1 Å². The van der Waals surface area contributed by atoms with E-state index < -0.39 is 5.97 Å². The maximum absolute atomic E-state index is 11.2. The molecule has 0 unspecified atom stereocenters. The molecule has 0 atom stereocenters. The Kier molecular flexibility index (Phi) is 2.83. The lowest BCUT2D eigenvalue weighted by Gasteiger charge is -2.02. The van der Waals surface area contributed by atoms with Gasteiger partial charge in [0.1, 0.15) is 11.6 Å². The van der Waals surface area contributed by atoms with Crippen molar-refractivity contribution >= 4 is 11.6 Å². The number of hydrogen-bond acceptors (Lipinski definition) is 4. The number of ether oxygens (including phenoxy) is 1. The predicted octanol–water partition coefficient (Wildman–Crippen LogP) is 2.10. The molecule has 20 heavy (non-hydrogen) atoms. The number of hydrogen-bond donors (Lipinski definition) is 1. The first-order chi connectivity index (χ1) is 9.70. The van der Waals surface area contributed by atoms with E-state index in [1.54, 1.807) is 42.1 Å².